The molecule has 0 aromatic heterocycles. The van der Waals surface area contributed by atoms with Crippen LogP contribution in [-0.2, 0) is 16.0 Å². The van der Waals surface area contributed by atoms with Crippen molar-refractivity contribution in [3.63, 3.8) is 0 Å². The summed E-state index contributed by atoms with van der Waals surface area (Å²) in [6, 6.07) is 4.07. The topological polar surface area (TPSA) is 40.6 Å². The Kier molecular flexibility index (Phi) is 6.80. The van der Waals surface area contributed by atoms with Crippen LogP contribution in [0.5, 0.6) is 0 Å². The maximum atomic E-state index is 13.3. The lowest BCUT2D eigenvalue weighted by Gasteiger charge is -2.33. The second-order valence-electron chi connectivity index (χ2n) is 7.72. The van der Waals surface area contributed by atoms with Gasteiger partial charge in [0.15, 0.2) is 11.6 Å². The first kappa shape index (κ1) is 19.8. The van der Waals surface area contributed by atoms with Gasteiger partial charge in [-0.05, 0) is 62.1 Å². The summed E-state index contributed by atoms with van der Waals surface area (Å²) in [5.74, 6) is -0.846. The SMILES string of the molecule is O=C1CCCN1CCCC(=O)N1CCC[C@@H](CCc2ccc(F)c(F)c2)C1. The molecule has 0 N–H and O–H groups in total. The van der Waals surface area contributed by atoms with E-state index in [0.29, 0.717) is 31.7 Å². The number of piperidine rings is 1. The van der Waals surface area contributed by atoms with E-state index >= 15 is 0 Å². The molecule has 1 aromatic rings. The molecule has 6 heteroatoms. The van der Waals surface area contributed by atoms with Crippen LogP contribution in [0.4, 0.5) is 8.78 Å². The van der Waals surface area contributed by atoms with Gasteiger partial charge in [0, 0.05) is 39.0 Å². The van der Waals surface area contributed by atoms with Crippen molar-refractivity contribution in [1.29, 1.82) is 0 Å². The van der Waals surface area contributed by atoms with Gasteiger partial charge >= 0.3 is 0 Å². The van der Waals surface area contributed by atoms with E-state index in [1.807, 2.05) is 9.80 Å². The van der Waals surface area contributed by atoms with Crippen LogP contribution in [0.25, 0.3) is 0 Å². The molecule has 0 bridgehead atoms. The Morgan fingerprint density at radius 3 is 2.74 bits per heavy atom. The van der Waals surface area contributed by atoms with Crippen LogP contribution in [-0.4, -0.2) is 47.8 Å². The van der Waals surface area contributed by atoms with E-state index in [2.05, 4.69) is 0 Å². The van der Waals surface area contributed by atoms with Crippen LogP contribution >= 0.6 is 0 Å². The van der Waals surface area contributed by atoms with Gasteiger partial charge in [-0.25, -0.2) is 8.78 Å². The van der Waals surface area contributed by atoms with Gasteiger partial charge in [0.05, 0.1) is 0 Å². The molecule has 2 heterocycles. The van der Waals surface area contributed by atoms with E-state index in [1.54, 1.807) is 6.07 Å². The van der Waals surface area contributed by atoms with Gasteiger partial charge in [-0.3, -0.25) is 9.59 Å². The van der Waals surface area contributed by atoms with Gasteiger partial charge in [-0.1, -0.05) is 6.07 Å². The lowest BCUT2D eigenvalue weighted by atomic mass is 9.91. The fourth-order valence-electron chi connectivity index (χ4n) is 4.11. The number of amides is 2. The first-order valence-electron chi connectivity index (χ1n) is 10.0. The summed E-state index contributed by atoms with van der Waals surface area (Å²) in [6.45, 7) is 3.04. The van der Waals surface area contributed by atoms with Gasteiger partial charge in [-0.15, -0.1) is 0 Å². The third-order valence-electron chi connectivity index (χ3n) is 5.69. The number of hydrogen-bond donors (Lipinski definition) is 0. The van der Waals surface area contributed by atoms with Crippen LogP contribution in [0.2, 0.25) is 0 Å². The second kappa shape index (κ2) is 9.29. The third kappa shape index (κ3) is 5.50. The van der Waals surface area contributed by atoms with Crippen LogP contribution < -0.4 is 0 Å². The number of carbonyl (C=O) groups is 2. The molecule has 2 fully saturated rings. The highest BCUT2D eigenvalue weighted by atomic mass is 19.2. The summed E-state index contributed by atoms with van der Waals surface area (Å²) in [5, 5.41) is 0. The number of likely N-dealkylation sites (tertiary alicyclic amines) is 2. The Hall–Kier alpha value is -1.98. The van der Waals surface area contributed by atoms with E-state index in [0.717, 1.165) is 57.3 Å². The maximum absolute atomic E-state index is 13.3. The molecule has 2 aliphatic rings. The summed E-state index contributed by atoms with van der Waals surface area (Å²) in [6.07, 6.45) is 6.39. The predicted molar refractivity (Wildman–Crippen MR) is 99.0 cm³/mol. The number of hydrogen-bond acceptors (Lipinski definition) is 2. The summed E-state index contributed by atoms with van der Waals surface area (Å²) in [5.41, 5.74) is 0.799. The minimum absolute atomic E-state index is 0.166. The fraction of sp³-hybridized carbons (Fsp3) is 0.619. The number of rotatable bonds is 7. The molecule has 2 aliphatic heterocycles. The second-order valence-corrected chi connectivity index (χ2v) is 7.72. The molecule has 2 amide bonds. The zero-order valence-electron chi connectivity index (χ0n) is 15.8. The Balaban J connectivity index is 1.40. The molecule has 3 rings (SSSR count). The molecule has 0 aliphatic carbocycles. The molecule has 0 spiro atoms. The largest absolute Gasteiger partial charge is 0.343 e. The quantitative estimate of drug-likeness (QED) is 0.728. The van der Waals surface area contributed by atoms with Gasteiger partial charge < -0.3 is 9.80 Å². The van der Waals surface area contributed by atoms with Crippen molar-refractivity contribution in [3.05, 3.63) is 35.4 Å². The van der Waals surface area contributed by atoms with E-state index in [9.17, 15) is 18.4 Å². The van der Waals surface area contributed by atoms with Crippen molar-refractivity contribution in [2.24, 2.45) is 5.92 Å². The average molecular weight is 378 g/mol. The summed E-state index contributed by atoms with van der Waals surface area (Å²) < 4.78 is 26.3. The molecule has 1 aromatic carbocycles. The molecular formula is C21H28F2N2O2. The summed E-state index contributed by atoms with van der Waals surface area (Å²) >= 11 is 0. The van der Waals surface area contributed by atoms with Crippen LogP contribution in [0.1, 0.15) is 50.5 Å². The van der Waals surface area contributed by atoms with E-state index in [4.69, 9.17) is 0 Å². The zero-order valence-corrected chi connectivity index (χ0v) is 15.8. The molecule has 0 unspecified atom stereocenters. The monoisotopic (exact) mass is 378 g/mol. The third-order valence-corrected chi connectivity index (χ3v) is 5.69. The molecule has 2 saturated heterocycles. The number of halogens is 2. The number of carbonyl (C=O) groups excluding carboxylic acids is 2. The lowest BCUT2D eigenvalue weighted by molar-refractivity contribution is -0.134. The lowest BCUT2D eigenvalue weighted by Crippen LogP contribution is -2.40. The van der Waals surface area contributed by atoms with Crippen molar-refractivity contribution < 1.29 is 18.4 Å². The fourth-order valence-corrected chi connectivity index (χ4v) is 4.11. The summed E-state index contributed by atoms with van der Waals surface area (Å²) in [7, 11) is 0. The highest BCUT2D eigenvalue weighted by molar-refractivity contribution is 5.78. The first-order valence-corrected chi connectivity index (χ1v) is 10.0. The van der Waals surface area contributed by atoms with E-state index < -0.39 is 11.6 Å². The maximum Gasteiger partial charge on any atom is 0.222 e. The van der Waals surface area contributed by atoms with Crippen molar-refractivity contribution >= 4 is 11.8 Å². The average Bonchev–Trinajstić information content (AvgIpc) is 3.08. The molecule has 148 valence electrons. The number of nitrogens with zero attached hydrogens (tertiary/aromatic N) is 2. The molecular weight excluding hydrogens is 350 g/mol. The highest BCUT2D eigenvalue weighted by Crippen LogP contribution is 2.23. The normalized spacial score (nSPS) is 20.4. The number of benzene rings is 1. The van der Waals surface area contributed by atoms with Gasteiger partial charge in [0.25, 0.3) is 0 Å². The van der Waals surface area contributed by atoms with E-state index in [-0.39, 0.29) is 11.8 Å². The Bertz CT molecular complexity index is 680. The zero-order chi connectivity index (χ0) is 19.2. The van der Waals surface area contributed by atoms with Gasteiger partial charge in [-0.2, -0.15) is 0 Å². The first-order chi connectivity index (χ1) is 13.0. The Morgan fingerprint density at radius 2 is 2.00 bits per heavy atom. The molecule has 0 saturated carbocycles. The van der Waals surface area contributed by atoms with Crippen LogP contribution in [0, 0.1) is 17.6 Å². The smallest absolute Gasteiger partial charge is 0.222 e. The van der Waals surface area contributed by atoms with Gasteiger partial charge in [0.2, 0.25) is 11.8 Å². The molecule has 1 atom stereocenters. The predicted octanol–water partition coefficient (Wildman–Crippen LogP) is 3.54. The molecule has 27 heavy (non-hydrogen) atoms. The Labute approximate surface area is 159 Å². The molecule has 0 radical (unpaired) electrons. The number of aryl methyl sites for hydroxylation is 1. The van der Waals surface area contributed by atoms with Crippen molar-refractivity contribution in [3.8, 4) is 0 Å². The van der Waals surface area contributed by atoms with Crippen molar-refractivity contribution in [1.82, 2.24) is 9.80 Å². The molecule has 4 nitrogen and oxygen atoms in total. The standard InChI is InChI=1S/C21H28F2N2O2/c22-18-10-9-16(14-19(18)23)7-8-17-4-1-13-25(15-17)21(27)6-3-12-24-11-2-5-20(24)26/h9-10,14,17H,1-8,11-13,15H2/t17-/m0/s1. The highest BCUT2D eigenvalue weighted by Gasteiger charge is 2.24. The van der Waals surface area contributed by atoms with E-state index in [1.165, 1.54) is 12.1 Å². The summed E-state index contributed by atoms with van der Waals surface area (Å²) in [4.78, 5) is 27.9. The van der Waals surface area contributed by atoms with Crippen molar-refractivity contribution in [2.45, 2.75) is 51.4 Å². The van der Waals surface area contributed by atoms with Gasteiger partial charge in [0.1, 0.15) is 0 Å². The van der Waals surface area contributed by atoms with Crippen LogP contribution in [0.15, 0.2) is 18.2 Å². The van der Waals surface area contributed by atoms with Crippen molar-refractivity contribution in [2.75, 3.05) is 26.2 Å². The van der Waals surface area contributed by atoms with Crippen LogP contribution in [0.3, 0.4) is 0 Å². The Morgan fingerprint density at radius 1 is 1.15 bits per heavy atom. The minimum Gasteiger partial charge on any atom is -0.343 e. The minimum atomic E-state index is -0.816.